The zero-order valence-corrected chi connectivity index (χ0v) is 13.4. The molecular formula is C17H13N5OS. The summed E-state index contributed by atoms with van der Waals surface area (Å²) in [4.78, 5) is 15.9. The second-order valence-corrected chi connectivity index (χ2v) is 6.16. The topological polar surface area (TPSA) is 86.2 Å². The van der Waals surface area contributed by atoms with Crippen LogP contribution in [0.3, 0.4) is 0 Å². The fourth-order valence-electron chi connectivity index (χ4n) is 2.57. The third-order valence-electron chi connectivity index (χ3n) is 3.59. The quantitative estimate of drug-likeness (QED) is 0.579. The molecule has 118 valence electrons. The van der Waals surface area contributed by atoms with Crippen LogP contribution < -0.4 is 5.73 Å². The SMILES string of the molecule is NC(=O)CSc1nnc2c3ccccc3nc(-c3ccccc3)n12. The van der Waals surface area contributed by atoms with Gasteiger partial charge in [0.1, 0.15) is 5.82 Å². The highest BCUT2D eigenvalue weighted by Crippen LogP contribution is 2.28. The van der Waals surface area contributed by atoms with Crippen LogP contribution in [0.25, 0.3) is 27.9 Å². The summed E-state index contributed by atoms with van der Waals surface area (Å²) >= 11 is 1.26. The molecule has 0 atom stereocenters. The fourth-order valence-corrected chi connectivity index (χ4v) is 3.24. The molecule has 24 heavy (non-hydrogen) atoms. The summed E-state index contributed by atoms with van der Waals surface area (Å²) in [6.45, 7) is 0. The number of para-hydroxylation sites is 1. The Balaban J connectivity index is 2.03. The van der Waals surface area contributed by atoms with Gasteiger partial charge in [0.15, 0.2) is 10.8 Å². The number of fused-ring (bicyclic) bond motifs is 3. The Hall–Kier alpha value is -2.93. The standard InChI is InChI=1S/C17H13N5OS/c18-14(23)10-24-17-21-20-16-12-8-4-5-9-13(12)19-15(22(16)17)11-6-2-1-3-7-11/h1-9H,10H2,(H2,18,23). The Morgan fingerprint density at radius 3 is 2.58 bits per heavy atom. The van der Waals surface area contributed by atoms with Gasteiger partial charge in [-0.1, -0.05) is 54.2 Å². The number of hydrogen-bond acceptors (Lipinski definition) is 5. The van der Waals surface area contributed by atoms with Crippen molar-refractivity contribution in [1.29, 1.82) is 0 Å². The van der Waals surface area contributed by atoms with Crippen LogP contribution in [0.4, 0.5) is 0 Å². The number of nitrogens with zero attached hydrogens (tertiary/aromatic N) is 4. The van der Waals surface area contributed by atoms with Crippen molar-refractivity contribution in [2.24, 2.45) is 5.73 Å². The van der Waals surface area contributed by atoms with Gasteiger partial charge in [0.05, 0.1) is 11.3 Å². The highest BCUT2D eigenvalue weighted by atomic mass is 32.2. The second kappa shape index (κ2) is 5.93. The third kappa shape index (κ3) is 2.48. The molecule has 0 aliphatic carbocycles. The van der Waals surface area contributed by atoms with Crippen molar-refractivity contribution in [2.75, 3.05) is 5.75 Å². The van der Waals surface area contributed by atoms with E-state index in [1.165, 1.54) is 11.8 Å². The average molecular weight is 335 g/mol. The number of carbonyl (C=O) groups excluding carboxylic acids is 1. The van der Waals surface area contributed by atoms with Gasteiger partial charge in [-0.2, -0.15) is 0 Å². The molecule has 0 unspecified atom stereocenters. The highest BCUT2D eigenvalue weighted by molar-refractivity contribution is 7.99. The molecule has 0 saturated carbocycles. The van der Waals surface area contributed by atoms with Gasteiger partial charge in [-0.05, 0) is 12.1 Å². The van der Waals surface area contributed by atoms with Crippen LogP contribution in [0, 0.1) is 0 Å². The minimum absolute atomic E-state index is 0.141. The number of hydrogen-bond donors (Lipinski definition) is 1. The molecule has 0 bridgehead atoms. The molecule has 6 nitrogen and oxygen atoms in total. The summed E-state index contributed by atoms with van der Waals surface area (Å²) < 4.78 is 1.88. The summed E-state index contributed by atoms with van der Waals surface area (Å²) in [6, 6.07) is 17.6. The van der Waals surface area contributed by atoms with E-state index in [2.05, 4.69) is 10.2 Å². The fraction of sp³-hybridized carbons (Fsp3) is 0.0588. The summed E-state index contributed by atoms with van der Waals surface area (Å²) in [5.41, 5.74) is 7.78. The lowest BCUT2D eigenvalue weighted by atomic mass is 10.2. The Labute approximate surface area is 141 Å². The van der Waals surface area contributed by atoms with Crippen molar-refractivity contribution >= 4 is 34.2 Å². The first-order chi connectivity index (χ1) is 11.7. The van der Waals surface area contributed by atoms with Crippen molar-refractivity contribution in [2.45, 2.75) is 5.16 Å². The van der Waals surface area contributed by atoms with E-state index in [9.17, 15) is 4.79 Å². The molecule has 2 heterocycles. The van der Waals surface area contributed by atoms with Gasteiger partial charge in [-0.3, -0.25) is 9.20 Å². The highest BCUT2D eigenvalue weighted by Gasteiger charge is 2.16. The maximum Gasteiger partial charge on any atom is 0.227 e. The van der Waals surface area contributed by atoms with Gasteiger partial charge in [0.2, 0.25) is 5.91 Å². The Bertz CT molecular complexity index is 1040. The number of benzene rings is 2. The van der Waals surface area contributed by atoms with Gasteiger partial charge in [-0.25, -0.2) is 4.98 Å². The number of amides is 1. The molecule has 4 rings (SSSR count). The van der Waals surface area contributed by atoms with E-state index < -0.39 is 5.91 Å². The molecule has 2 aromatic heterocycles. The lowest BCUT2D eigenvalue weighted by molar-refractivity contribution is -0.115. The van der Waals surface area contributed by atoms with Gasteiger partial charge in [-0.15, -0.1) is 10.2 Å². The van der Waals surface area contributed by atoms with Gasteiger partial charge in [0, 0.05) is 10.9 Å². The second-order valence-electron chi connectivity index (χ2n) is 5.22. The van der Waals surface area contributed by atoms with E-state index in [1.54, 1.807) is 0 Å². The Kier molecular flexibility index (Phi) is 3.62. The predicted octanol–water partition coefficient (Wildman–Crippen LogP) is 2.52. The van der Waals surface area contributed by atoms with Gasteiger partial charge < -0.3 is 5.73 Å². The normalized spacial score (nSPS) is 11.2. The minimum Gasteiger partial charge on any atom is -0.369 e. The molecule has 4 aromatic rings. The van der Waals surface area contributed by atoms with Gasteiger partial charge in [0.25, 0.3) is 0 Å². The van der Waals surface area contributed by atoms with Crippen molar-refractivity contribution in [1.82, 2.24) is 19.6 Å². The van der Waals surface area contributed by atoms with Crippen LogP contribution in [0.1, 0.15) is 0 Å². The lowest BCUT2D eigenvalue weighted by Gasteiger charge is -2.09. The molecule has 1 amide bonds. The molecule has 0 radical (unpaired) electrons. The molecular weight excluding hydrogens is 322 g/mol. The van der Waals surface area contributed by atoms with Crippen molar-refractivity contribution in [3.05, 3.63) is 54.6 Å². The first kappa shape index (κ1) is 14.6. The number of nitrogens with two attached hydrogens (primary N) is 1. The van der Waals surface area contributed by atoms with Crippen LogP contribution in [-0.4, -0.2) is 31.2 Å². The van der Waals surface area contributed by atoms with Crippen molar-refractivity contribution < 1.29 is 4.79 Å². The maximum absolute atomic E-state index is 11.1. The number of aromatic nitrogens is 4. The molecule has 0 aliphatic heterocycles. The number of thioether (sulfide) groups is 1. The monoisotopic (exact) mass is 335 g/mol. The Morgan fingerprint density at radius 1 is 1.04 bits per heavy atom. The van der Waals surface area contributed by atoms with Crippen molar-refractivity contribution in [3.8, 4) is 11.4 Å². The van der Waals surface area contributed by atoms with E-state index in [0.717, 1.165) is 22.3 Å². The summed E-state index contributed by atoms with van der Waals surface area (Å²) in [5, 5.41) is 10.1. The van der Waals surface area contributed by atoms with E-state index >= 15 is 0 Å². The molecule has 7 heteroatoms. The smallest absolute Gasteiger partial charge is 0.227 e. The molecule has 0 spiro atoms. The largest absolute Gasteiger partial charge is 0.369 e. The van der Waals surface area contributed by atoms with Gasteiger partial charge >= 0.3 is 0 Å². The average Bonchev–Trinajstić information content (AvgIpc) is 3.04. The summed E-state index contributed by atoms with van der Waals surface area (Å²) in [6.07, 6.45) is 0. The lowest BCUT2D eigenvalue weighted by Crippen LogP contribution is -2.13. The van der Waals surface area contributed by atoms with Crippen LogP contribution in [-0.2, 0) is 4.79 Å². The zero-order valence-electron chi connectivity index (χ0n) is 12.6. The molecule has 2 N–H and O–H groups in total. The summed E-state index contributed by atoms with van der Waals surface area (Å²) in [5.74, 6) is 0.481. The molecule has 0 aliphatic rings. The minimum atomic E-state index is -0.397. The number of rotatable bonds is 4. The first-order valence-electron chi connectivity index (χ1n) is 7.34. The molecule has 0 saturated heterocycles. The Morgan fingerprint density at radius 2 is 1.79 bits per heavy atom. The van der Waals surface area contributed by atoms with E-state index in [1.807, 2.05) is 59.0 Å². The van der Waals surface area contributed by atoms with E-state index in [-0.39, 0.29) is 5.75 Å². The van der Waals surface area contributed by atoms with E-state index in [0.29, 0.717) is 10.8 Å². The van der Waals surface area contributed by atoms with Crippen molar-refractivity contribution in [3.63, 3.8) is 0 Å². The summed E-state index contributed by atoms with van der Waals surface area (Å²) in [7, 11) is 0. The third-order valence-corrected chi connectivity index (χ3v) is 4.54. The van der Waals surface area contributed by atoms with E-state index in [4.69, 9.17) is 10.7 Å². The maximum atomic E-state index is 11.1. The van der Waals surface area contributed by atoms with Crippen LogP contribution in [0.5, 0.6) is 0 Å². The van der Waals surface area contributed by atoms with Crippen LogP contribution in [0.15, 0.2) is 59.8 Å². The molecule has 2 aromatic carbocycles. The number of primary amides is 1. The molecule has 0 fully saturated rings. The zero-order chi connectivity index (χ0) is 16.5. The first-order valence-corrected chi connectivity index (χ1v) is 8.33. The van der Waals surface area contributed by atoms with Crippen LogP contribution >= 0.6 is 11.8 Å². The predicted molar refractivity (Wildman–Crippen MR) is 93.6 cm³/mol. The number of carbonyl (C=O) groups is 1. The van der Waals surface area contributed by atoms with Crippen LogP contribution in [0.2, 0.25) is 0 Å².